The number of ether oxygens (including phenoxy) is 4. The predicted octanol–water partition coefficient (Wildman–Crippen LogP) is 7.89. The van der Waals surface area contributed by atoms with Crippen molar-refractivity contribution >= 4 is 41.0 Å². The maximum absolute atomic E-state index is 13.3. The molecule has 0 aliphatic rings. The molecule has 2 aromatic rings. The Balaban J connectivity index is 2.74. The largest absolute Gasteiger partial charge is 0.443 e. The van der Waals surface area contributed by atoms with Gasteiger partial charge in [0.05, 0.1) is 6.54 Å². The minimum atomic E-state index is -0.969. The van der Waals surface area contributed by atoms with Crippen molar-refractivity contribution in [3.05, 3.63) is 35.5 Å². The molecule has 1 aromatic carbocycles. The van der Waals surface area contributed by atoms with E-state index in [1.807, 2.05) is 6.92 Å². The number of fused-ring (bicyclic) bond motifs is 1. The van der Waals surface area contributed by atoms with Gasteiger partial charge in [-0.15, -0.1) is 0 Å². The molecule has 0 saturated heterocycles. The maximum Gasteiger partial charge on any atom is 0.425 e. The fourth-order valence-electron chi connectivity index (χ4n) is 3.66. The van der Waals surface area contributed by atoms with E-state index in [1.54, 1.807) is 101 Å². The molecule has 0 bridgehead atoms. The number of imide groups is 2. The van der Waals surface area contributed by atoms with E-state index < -0.39 is 46.8 Å². The lowest BCUT2D eigenvalue weighted by molar-refractivity contribution is -0.000290. The second kappa shape index (κ2) is 12.1. The van der Waals surface area contributed by atoms with Crippen LogP contribution in [-0.4, -0.2) is 56.7 Å². The highest BCUT2D eigenvalue weighted by Crippen LogP contribution is 2.32. The molecule has 42 heavy (non-hydrogen) atoms. The molecule has 11 heteroatoms. The van der Waals surface area contributed by atoms with Gasteiger partial charge in [-0.2, -0.15) is 4.90 Å². The molecule has 0 N–H and O–H groups in total. The molecule has 11 nitrogen and oxygen atoms in total. The van der Waals surface area contributed by atoms with Crippen LogP contribution in [0.4, 0.5) is 25.0 Å². The van der Waals surface area contributed by atoms with Crippen molar-refractivity contribution in [1.82, 2.24) is 9.88 Å². The molecule has 0 atom stereocenters. The van der Waals surface area contributed by atoms with Gasteiger partial charge >= 0.3 is 24.4 Å². The number of aromatic nitrogens is 1. The van der Waals surface area contributed by atoms with Crippen molar-refractivity contribution in [1.29, 1.82) is 0 Å². The monoisotopic (exact) mass is 587 g/mol. The highest BCUT2D eigenvalue weighted by Gasteiger charge is 2.36. The summed E-state index contributed by atoms with van der Waals surface area (Å²) in [5.41, 5.74) is -2.28. The third-order valence-electron chi connectivity index (χ3n) is 5.18. The number of pyridine rings is 1. The average molecular weight is 588 g/mol. The zero-order chi connectivity index (χ0) is 32.4. The van der Waals surface area contributed by atoms with E-state index in [0.717, 1.165) is 15.4 Å². The van der Waals surface area contributed by atoms with Crippen molar-refractivity contribution in [2.75, 3.05) is 4.90 Å². The third-order valence-corrected chi connectivity index (χ3v) is 5.18. The zero-order valence-electron chi connectivity index (χ0n) is 27.1. The summed E-state index contributed by atoms with van der Waals surface area (Å²) in [7, 11) is 0. The summed E-state index contributed by atoms with van der Waals surface area (Å²) in [6.07, 6.45) is -2.28. The minimum absolute atomic E-state index is 0.0293. The number of hydrogen-bond donors (Lipinski definition) is 0. The van der Waals surface area contributed by atoms with Gasteiger partial charge in [0.2, 0.25) is 0 Å². The van der Waals surface area contributed by atoms with E-state index in [-0.39, 0.29) is 12.4 Å². The molecular formula is C31H45N3O8. The van der Waals surface area contributed by atoms with E-state index in [9.17, 15) is 19.2 Å². The van der Waals surface area contributed by atoms with Crippen LogP contribution in [-0.2, 0) is 25.5 Å². The lowest BCUT2D eigenvalue weighted by Crippen LogP contribution is -2.44. The number of nitrogens with zero attached hydrogens (tertiary/aromatic N) is 3. The molecule has 1 aromatic heterocycles. The Morgan fingerprint density at radius 2 is 1.02 bits per heavy atom. The number of amides is 4. The van der Waals surface area contributed by atoms with Gasteiger partial charge in [-0.25, -0.2) is 29.1 Å². The molecule has 4 amide bonds. The Kier molecular flexibility index (Phi) is 9.93. The van der Waals surface area contributed by atoms with Crippen LogP contribution in [0.2, 0.25) is 0 Å². The van der Waals surface area contributed by atoms with Gasteiger partial charge in [0, 0.05) is 11.6 Å². The molecule has 1 heterocycles. The first kappa shape index (κ1) is 34.3. The highest BCUT2D eigenvalue weighted by atomic mass is 16.6. The topological polar surface area (TPSA) is 125 Å². The van der Waals surface area contributed by atoms with Gasteiger partial charge in [0.1, 0.15) is 22.4 Å². The number of anilines is 1. The van der Waals surface area contributed by atoms with Gasteiger partial charge in [0.25, 0.3) is 0 Å². The summed E-state index contributed by atoms with van der Waals surface area (Å²) >= 11 is 0. The number of rotatable bonds is 3. The molecule has 0 unspecified atom stereocenters. The quantitative estimate of drug-likeness (QED) is 0.330. The number of hydrogen-bond acceptors (Lipinski definition) is 9. The number of carbonyl (C=O) groups excluding carboxylic acids is 4. The van der Waals surface area contributed by atoms with Crippen LogP contribution >= 0.6 is 0 Å². The summed E-state index contributed by atoms with van der Waals surface area (Å²) in [6.45, 7) is 21.8. The standard InChI is InChI=1S/C31H45N3O8/c1-19-14-15-21-20(22(19)18-33(24(35)39-28(2,3)4)25(36)40-29(5,6)7)16-17-32-23(21)34(26(37)41-30(8,9)10)27(38)42-31(11,12)13/h14-17H,18H2,1-13H3. The van der Waals surface area contributed by atoms with Crippen molar-refractivity contribution < 1.29 is 38.1 Å². The summed E-state index contributed by atoms with van der Waals surface area (Å²) in [4.78, 5) is 59.1. The van der Waals surface area contributed by atoms with Crippen LogP contribution in [0, 0.1) is 6.92 Å². The molecule has 0 fully saturated rings. The maximum atomic E-state index is 13.3. The highest BCUT2D eigenvalue weighted by molar-refractivity contribution is 6.14. The Bertz CT molecular complexity index is 1290. The van der Waals surface area contributed by atoms with E-state index in [0.29, 0.717) is 16.3 Å². The first-order chi connectivity index (χ1) is 18.9. The Hall–Kier alpha value is -3.89. The van der Waals surface area contributed by atoms with Crippen LogP contribution in [0.5, 0.6) is 0 Å². The van der Waals surface area contributed by atoms with Gasteiger partial charge in [-0.3, -0.25) is 0 Å². The van der Waals surface area contributed by atoms with Gasteiger partial charge < -0.3 is 18.9 Å². The predicted molar refractivity (Wildman–Crippen MR) is 159 cm³/mol. The summed E-state index contributed by atoms with van der Waals surface area (Å²) in [5.74, 6) is -0.0293. The first-order valence-corrected chi connectivity index (χ1v) is 13.8. The molecule has 0 aliphatic heterocycles. The van der Waals surface area contributed by atoms with Crippen molar-refractivity contribution in [2.45, 2.75) is 119 Å². The van der Waals surface area contributed by atoms with Crippen LogP contribution in [0.3, 0.4) is 0 Å². The Morgan fingerprint density at radius 1 is 0.619 bits per heavy atom. The SMILES string of the molecule is Cc1ccc2c(N(C(=O)OC(C)(C)C)C(=O)OC(C)(C)C)nccc2c1CN(C(=O)OC(C)(C)C)C(=O)OC(C)(C)C. The third kappa shape index (κ3) is 9.88. The fraction of sp³-hybridized carbons (Fsp3) is 0.581. The molecule has 0 saturated carbocycles. The Labute approximate surface area is 248 Å². The molecular weight excluding hydrogens is 542 g/mol. The summed E-state index contributed by atoms with van der Waals surface area (Å²) in [6, 6.07) is 5.11. The normalized spacial score (nSPS) is 12.4. The molecule has 0 spiro atoms. The van der Waals surface area contributed by atoms with Crippen LogP contribution in [0.1, 0.15) is 94.2 Å². The summed E-state index contributed by atoms with van der Waals surface area (Å²) < 4.78 is 22.1. The molecule has 232 valence electrons. The van der Waals surface area contributed by atoms with Crippen molar-refractivity contribution in [3.63, 3.8) is 0 Å². The average Bonchev–Trinajstić information content (AvgIpc) is 2.73. The van der Waals surface area contributed by atoms with Crippen LogP contribution in [0.25, 0.3) is 10.8 Å². The molecule has 2 rings (SSSR count). The Morgan fingerprint density at radius 3 is 1.43 bits per heavy atom. The molecule has 0 aliphatic carbocycles. The second-order valence-electron chi connectivity index (χ2n) is 13.9. The minimum Gasteiger partial charge on any atom is -0.443 e. The van der Waals surface area contributed by atoms with Gasteiger partial charge in [-0.1, -0.05) is 12.1 Å². The van der Waals surface area contributed by atoms with Gasteiger partial charge in [0.15, 0.2) is 5.82 Å². The van der Waals surface area contributed by atoms with Gasteiger partial charge in [-0.05, 0) is 113 Å². The lowest BCUT2D eigenvalue weighted by atomic mass is 10.00. The van der Waals surface area contributed by atoms with E-state index in [4.69, 9.17) is 18.9 Å². The van der Waals surface area contributed by atoms with E-state index in [1.165, 1.54) is 6.20 Å². The number of carbonyl (C=O) groups is 4. The number of aryl methyl sites for hydroxylation is 1. The van der Waals surface area contributed by atoms with Crippen molar-refractivity contribution in [2.24, 2.45) is 0 Å². The smallest absolute Gasteiger partial charge is 0.425 e. The lowest BCUT2D eigenvalue weighted by Gasteiger charge is -2.30. The zero-order valence-corrected chi connectivity index (χ0v) is 27.1. The van der Waals surface area contributed by atoms with E-state index >= 15 is 0 Å². The summed E-state index contributed by atoms with van der Waals surface area (Å²) in [5, 5.41) is 0.928. The fourth-order valence-corrected chi connectivity index (χ4v) is 3.66. The van der Waals surface area contributed by atoms with Crippen LogP contribution < -0.4 is 4.90 Å². The number of benzene rings is 1. The van der Waals surface area contributed by atoms with E-state index in [2.05, 4.69) is 4.98 Å². The van der Waals surface area contributed by atoms with Crippen molar-refractivity contribution in [3.8, 4) is 0 Å². The molecule has 0 radical (unpaired) electrons. The second-order valence-corrected chi connectivity index (χ2v) is 13.9. The van der Waals surface area contributed by atoms with Crippen LogP contribution in [0.15, 0.2) is 24.4 Å². The first-order valence-electron chi connectivity index (χ1n) is 13.8.